The maximum atomic E-state index is 15.1. The molecule has 2 atom stereocenters. The van der Waals surface area contributed by atoms with Gasteiger partial charge in [-0.05, 0) is 33.2 Å². The first-order chi connectivity index (χ1) is 8.07. The third-order valence-corrected chi connectivity index (χ3v) is 3.90. The summed E-state index contributed by atoms with van der Waals surface area (Å²) in [6.07, 6.45) is 3.45. The number of aryl methyl sites for hydroxylation is 1. The molecule has 1 saturated heterocycles. The number of nitrogens with zero attached hydrogens (tertiary/aromatic N) is 2. The lowest BCUT2D eigenvalue weighted by Crippen LogP contribution is -2.41. The number of rotatable bonds is 3. The van der Waals surface area contributed by atoms with Crippen LogP contribution in [0.3, 0.4) is 0 Å². The van der Waals surface area contributed by atoms with Crippen molar-refractivity contribution in [3.63, 3.8) is 0 Å². The van der Waals surface area contributed by atoms with E-state index in [-0.39, 0.29) is 5.92 Å². The molecule has 17 heavy (non-hydrogen) atoms. The lowest BCUT2D eigenvalue weighted by Gasteiger charge is -2.34. The van der Waals surface area contributed by atoms with Gasteiger partial charge in [-0.25, -0.2) is 4.39 Å². The molecule has 1 aromatic heterocycles. The number of nitrogens with one attached hydrogen (secondary N) is 1. The third-order valence-electron chi connectivity index (χ3n) is 3.62. The SMILES string of the molecule is CCn1ncc(Cl)c1C(C)(F)C1CCCNC1. The van der Waals surface area contributed by atoms with Crippen molar-refractivity contribution >= 4 is 11.6 Å². The Hall–Kier alpha value is -0.610. The van der Waals surface area contributed by atoms with E-state index in [1.807, 2.05) is 6.92 Å². The second kappa shape index (κ2) is 4.94. The maximum absolute atomic E-state index is 15.1. The van der Waals surface area contributed by atoms with Crippen molar-refractivity contribution in [2.45, 2.75) is 38.9 Å². The van der Waals surface area contributed by atoms with Crippen LogP contribution in [-0.2, 0) is 12.2 Å². The highest BCUT2D eigenvalue weighted by atomic mass is 35.5. The molecule has 1 aromatic rings. The second-order valence-electron chi connectivity index (χ2n) is 4.78. The summed E-state index contributed by atoms with van der Waals surface area (Å²) >= 11 is 6.08. The molecule has 0 aromatic carbocycles. The van der Waals surface area contributed by atoms with Gasteiger partial charge in [0, 0.05) is 19.0 Å². The first kappa shape index (κ1) is 12.8. The smallest absolute Gasteiger partial charge is 0.155 e. The largest absolute Gasteiger partial charge is 0.316 e. The van der Waals surface area contributed by atoms with Crippen LogP contribution in [0, 0.1) is 5.92 Å². The normalized spacial score (nSPS) is 24.6. The molecular weight excluding hydrogens is 241 g/mol. The number of hydrogen-bond acceptors (Lipinski definition) is 2. The van der Waals surface area contributed by atoms with Crippen LogP contribution < -0.4 is 5.32 Å². The van der Waals surface area contributed by atoms with Gasteiger partial charge >= 0.3 is 0 Å². The predicted molar refractivity (Wildman–Crippen MR) is 67.0 cm³/mol. The molecule has 0 aliphatic carbocycles. The molecule has 1 fully saturated rings. The fraction of sp³-hybridized carbons (Fsp3) is 0.750. The number of hydrogen-bond donors (Lipinski definition) is 1. The summed E-state index contributed by atoms with van der Waals surface area (Å²) in [5.74, 6) is -0.0317. The van der Waals surface area contributed by atoms with E-state index in [1.54, 1.807) is 11.6 Å². The van der Waals surface area contributed by atoms with Gasteiger partial charge in [0.25, 0.3) is 0 Å². The van der Waals surface area contributed by atoms with Crippen molar-refractivity contribution in [2.75, 3.05) is 13.1 Å². The third kappa shape index (κ3) is 2.33. The molecule has 5 heteroatoms. The number of halogens is 2. The van der Waals surface area contributed by atoms with Crippen molar-refractivity contribution in [3.8, 4) is 0 Å². The van der Waals surface area contributed by atoms with Crippen LogP contribution in [0.25, 0.3) is 0 Å². The Labute approximate surface area is 106 Å². The maximum Gasteiger partial charge on any atom is 0.155 e. The molecule has 2 unspecified atom stereocenters. The second-order valence-corrected chi connectivity index (χ2v) is 5.18. The molecule has 1 aliphatic rings. The van der Waals surface area contributed by atoms with Gasteiger partial charge in [-0.15, -0.1) is 0 Å². The minimum Gasteiger partial charge on any atom is -0.316 e. The van der Waals surface area contributed by atoms with Crippen LogP contribution in [0.5, 0.6) is 0 Å². The van der Waals surface area contributed by atoms with E-state index in [0.29, 0.717) is 23.8 Å². The van der Waals surface area contributed by atoms with Gasteiger partial charge in [0.1, 0.15) is 0 Å². The molecule has 0 radical (unpaired) electrons. The Bertz CT molecular complexity index is 383. The summed E-state index contributed by atoms with van der Waals surface area (Å²) in [5.41, 5.74) is -0.896. The average molecular weight is 260 g/mol. The lowest BCUT2D eigenvalue weighted by molar-refractivity contribution is 0.0715. The Balaban J connectivity index is 2.31. The summed E-state index contributed by atoms with van der Waals surface area (Å²) < 4.78 is 16.7. The predicted octanol–water partition coefficient (Wildman–Crippen LogP) is 2.74. The summed E-state index contributed by atoms with van der Waals surface area (Å²) in [6, 6.07) is 0. The van der Waals surface area contributed by atoms with Crippen molar-refractivity contribution in [2.24, 2.45) is 5.92 Å². The first-order valence-electron chi connectivity index (χ1n) is 6.18. The zero-order valence-corrected chi connectivity index (χ0v) is 11.1. The zero-order chi connectivity index (χ0) is 12.5. The van der Waals surface area contributed by atoms with Crippen molar-refractivity contribution < 1.29 is 4.39 Å². The van der Waals surface area contributed by atoms with Gasteiger partial charge < -0.3 is 5.32 Å². The fourth-order valence-corrected chi connectivity index (χ4v) is 2.92. The van der Waals surface area contributed by atoms with E-state index in [4.69, 9.17) is 11.6 Å². The summed E-state index contributed by atoms with van der Waals surface area (Å²) in [6.45, 7) is 5.90. The zero-order valence-electron chi connectivity index (χ0n) is 10.3. The monoisotopic (exact) mass is 259 g/mol. The molecule has 0 bridgehead atoms. The fourth-order valence-electron chi connectivity index (χ4n) is 2.60. The van der Waals surface area contributed by atoms with Crippen molar-refractivity contribution in [3.05, 3.63) is 16.9 Å². The van der Waals surface area contributed by atoms with E-state index in [2.05, 4.69) is 10.4 Å². The van der Waals surface area contributed by atoms with E-state index in [9.17, 15) is 0 Å². The van der Waals surface area contributed by atoms with Crippen LogP contribution in [0.15, 0.2) is 6.20 Å². The van der Waals surface area contributed by atoms with Crippen molar-refractivity contribution in [1.82, 2.24) is 15.1 Å². The topological polar surface area (TPSA) is 29.9 Å². The summed E-state index contributed by atoms with van der Waals surface area (Å²) in [5, 5.41) is 7.80. The highest BCUT2D eigenvalue weighted by Crippen LogP contribution is 2.40. The van der Waals surface area contributed by atoms with Crippen LogP contribution in [0.1, 0.15) is 32.4 Å². The Morgan fingerprint density at radius 3 is 3.06 bits per heavy atom. The standard InChI is InChI=1S/C12H19ClFN3/c1-3-17-11(10(13)8-16-17)12(2,14)9-5-4-6-15-7-9/h8-9,15H,3-7H2,1-2H3. The lowest BCUT2D eigenvalue weighted by atomic mass is 9.82. The molecule has 2 rings (SSSR count). The van der Waals surface area contributed by atoms with Gasteiger partial charge in [0.15, 0.2) is 5.67 Å². The molecule has 0 saturated carbocycles. The molecule has 96 valence electrons. The first-order valence-corrected chi connectivity index (χ1v) is 6.56. The van der Waals surface area contributed by atoms with Gasteiger partial charge in [-0.1, -0.05) is 11.6 Å². The molecule has 0 spiro atoms. The molecule has 1 aliphatic heterocycles. The van der Waals surface area contributed by atoms with Crippen LogP contribution in [0.2, 0.25) is 5.02 Å². The van der Waals surface area contributed by atoms with Crippen LogP contribution >= 0.6 is 11.6 Å². The molecular formula is C12H19ClFN3. The van der Waals surface area contributed by atoms with Gasteiger partial charge in [0.2, 0.25) is 0 Å². The van der Waals surface area contributed by atoms with Gasteiger partial charge in [-0.2, -0.15) is 5.10 Å². The van der Waals surface area contributed by atoms with E-state index in [1.165, 1.54) is 6.20 Å². The Kier molecular flexibility index (Phi) is 3.73. The quantitative estimate of drug-likeness (QED) is 0.905. The van der Waals surface area contributed by atoms with E-state index >= 15 is 4.39 Å². The Morgan fingerprint density at radius 2 is 2.47 bits per heavy atom. The van der Waals surface area contributed by atoms with Gasteiger partial charge in [-0.3, -0.25) is 4.68 Å². The van der Waals surface area contributed by atoms with Crippen molar-refractivity contribution in [1.29, 1.82) is 0 Å². The minimum absolute atomic E-state index is 0.0317. The number of aromatic nitrogens is 2. The number of piperidine rings is 1. The molecule has 0 amide bonds. The highest BCUT2D eigenvalue weighted by Gasteiger charge is 2.40. The average Bonchev–Trinajstić information content (AvgIpc) is 2.72. The molecule has 2 heterocycles. The molecule has 3 nitrogen and oxygen atoms in total. The number of alkyl halides is 1. The Morgan fingerprint density at radius 1 is 1.71 bits per heavy atom. The van der Waals surface area contributed by atoms with Crippen LogP contribution in [-0.4, -0.2) is 22.9 Å². The van der Waals surface area contributed by atoms with E-state index in [0.717, 1.165) is 19.4 Å². The van der Waals surface area contributed by atoms with Gasteiger partial charge in [0.05, 0.1) is 16.9 Å². The highest BCUT2D eigenvalue weighted by molar-refractivity contribution is 6.31. The van der Waals surface area contributed by atoms with E-state index < -0.39 is 5.67 Å². The minimum atomic E-state index is -1.42. The van der Waals surface area contributed by atoms with Crippen LogP contribution in [0.4, 0.5) is 4.39 Å². The summed E-state index contributed by atoms with van der Waals surface area (Å²) in [4.78, 5) is 0. The molecule has 1 N–H and O–H groups in total. The summed E-state index contributed by atoms with van der Waals surface area (Å²) in [7, 11) is 0.